The second-order valence-corrected chi connectivity index (χ2v) is 4.65. The van der Waals surface area contributed by atoms with E-state index in [0.29, 0.717) is 17.9 Å². The molecular weight excluding hydrogens is 268 g/mol. The Labute approximate surface area is 121 Å². The van der Waals surface area contributed by atoms with Crippen LogP contribution in [0.3, 0.4) is 0 Å². The molecule has 0 aliphatic heterocycles. The number of hydrogen-bond acceptors (Lipinski definition) is 4. The number of nitrogens with one attached hydrogen (secondary N) is 2. The quantitative estimate of drug-likeness (QED) is 0.769. The first-order chi connectivity index (χ1) is 10.2. The first-order valence-corrected chi connectivity index (χ1v) is 6.52. The highest BCUT2D eigenvalue weighted by Gasteiger charge is 2.12. The molecule has 0 spiro atoms. The predicted octanol–water partition coefficient (Wildman–Crippen LogP) is 2.30. The molecular formula is C15H14N4O2. The summed E-state index contributed by atoms with van der Waals surface area (Å²) in [6.07, 6.45) is 3.14. The lowest BCUT2D eigenvalue weighted by atomic mass is 10.1. The Bertz CT molecular complexity index is 729. The number of aromatic amines is 1. The van der Waals surface area contributed by atoms with Crippen LogP contribution in [0.5, 0.6) is 0 Å². The molecule has 1 amide bonds. The minimum Gasteiger partial charge on any atom is -0.361 e. The van der Waals surface area contributed by atoms with Crippen molar-refractivity contribution in [1.29, 1.82) is 0 Å². The average Bonchev–Trinajstić information content (AvgIpc) is 3.16. The number of carbonyl (C=O) groups excluding carboxylic acids is 1. The van der Waals surface area contributed by atoms with E-state index in [9.17, 15) is 4.79 Å². The molecule has 0 aliphatic rings. The van der Waals surface area contributed by atoms with Gasteiger partial charge in [0.05, 0.1) is 11.9 Å². The summed E-state index contributed by atoms with van der Waals surface area (Å²) < 4.78 is 4.87. The first kappa shape index (κ1) is 13.1. The molecule has 21 heavy (non-hydrogen) atoms. The third kappa shape index (κ3) is 2.84. The van der Waals surface area contributed by atoms with E-state index in [2.05, 4.69) is 20.7 Å². The molecule has 0 saturated carbocycles. The fraction of sp³-hybridized carbons (Fsp3) is 0.133. The van der Waals surface area contributed by atoms with Gasteiger partial charge in [0.15, 0.2) is 0 Å². The number of aromatic nitrogens is 3. The SMILES string of the molecule is Cc1oncc1C(=O)NCc1ccc(-c2ccn[nH]2)cc1. The number of nitrogens with zero attached hydrogens (tertiary/aromatic N) is 2. The lowest BCUT2D eigenvalue weighted by Crippen LogP contribution is -2.22. The molecule has 0 fully saturated rings. The third-order valence-electron chi connectivity index (χ3n) is 3.21. The van der Waals surface area contributed by atoms with Crippen LogP contribution < -0.4 is 5.32 Å². The van der Waals surface area contributed by atoms with Gasteiger partial charge in [-0.25, -0.2) is 0 Å². The number of benzene rings is 1. The van der Waals surface area contributed by atoms with E-state index in [1.54, 1.807) is 13.1 Å². The monoisotopic (exact) mass is 282 g/mol. The third-order valence-corrected chi connectivity index (χ3v) is 3.21. The molecule has 6 nitrogen and oxygen atoms in total. The standard InChI is InChI=1S/C15H14N4O2/c1-10-13(9-18-21-10)15(20)16-8-11-2-4-12(5-3-11)14-6-7-17-19-14/h2-7,9H,8H2,1H3,(H,16,20)(H,17,19). The van der Waals surface area contributed by atoms with Crippen LogP contribution in [0.2, 0.25) is 0 Å². The zero-order valence-corrected chi connectivity index (χ0v) is 11.5. The number of amides is 1. The lowest BCUT2D eigenvalue weighted by molar-refractivity contribution is 0.0949. The summed E-state index contributed by atoms with van der Waals surface area (Å²) in [6.45, 7) is 2.16. The minimum atomic E-state index is -0.189. The first-order valence-electron chi connectivity index (χ1n) is 6.52. The summed E-state index contributed by atoms with van der Waals surface area (Å²) in [5.74, 6) is 0.327. The molecule has 1 aromatic carbocycles. The van der Waals surface area contributed by atoms with Gasteiger partial charge in [0.25, 0.3) is 5.91 Å². The van der Waals surface area contributed by atoms with Gasteiger partial charge in [0, 0.05) is 12.7 Å². The molecule has 0 unspecified atom stereocenters. The summed E-state index contributed by atoms with van der Waals surface area (Å²) in [6, 6.07) is 9.82. The van der Waals surface area contributed by atoms with E-state index in [-0.39, 0.29) is 5.91 Å². The largest absolute Gasteiger partial charge is 0.361 e. The van der Waals surface area contributed by atoms with E-state index in [4.69, 9.17) is 4.52 Å². The fourth-order valence-electron chi connectivity index (χ4n) is 2.01. The molecule has 0 atom stereocenters. The predicted molar refractivity (Wildman–Crippen MR) is 76.4 cm³/mol. The van der Waals surface area contributed by atoms with Gasteiger partial charge in [0.1, 0.15) is 11.3 Å². The van der Waals surface area contributed by atoms with Crippen molar-refractivity contribution < 1.29 is 9.32 Å². The molecule has 0 saturated heterocycles. The van der Waals surface area contributed by atoms with Gasteiger partial charge in [-0.3, -0.25) is 9.89 Å². The molecule has 2 N–H and O–H groups in total. The van der Waals surface area contributed by atoms with E-state index >= 15 is 0 Å². The van der Waals surface area contributed by atoms with Crippen molar-refractivity contribution >= 4 is 5.91 Å². The van der Waals surface area contributed by atoms with Crippen LogP contribution in [0.4, 0.5) is 0 Å². The molecule has 106 valence electrons. The highest BCUT2D eigenvalue weighted by Crippen LogP contribution is 2.16. The lowest BCUT2D eigenvalue weighted by Gasteiger charge is -2.05. The van der Waals surface area contributed by atoms with Crippen LogP contribution in [0.1, 0.15) is 21.7 Å². The Balaban J connectivity index is 1.64. The molecule has 3 aromatic rings. The second-order valence-electron chi connectivity index (χ2n) is 4.65. The van der Waals surface area contributed by atoms with Crippen LogP contribution >= 0.6 is 0 Å². The van der Waals surface area contributed by atoms with Gasteiger partial charge < -0.3 is 9.84 Å². The second kappa shape index (κ2) is 5.62. The van der Waals surface area contributed by atoms with Gasteiger partial charge in [0.2, 0.25) is 0 Å². The Kier molecular flexibility index (Phi) is 3.51. The van der Waals surface area contributed by atoms with Crippen LogP contribution in [-0.2, 0) is 6.54 Å². The van der Waals surface area contributed by atoms with Crippen LogP contribution in [0, 0.1) is 6.92 Å². The maximum Gasteiger partial charge on any atom is 0.256 e. The maximum atomic E-state index is 11.9. The highest BCUT2D eigenvalue weighted by molar-refractivity contribution is 5.94. The van der Waals surface area contributed by atoms with Crippen LogP contribution in [-0.4, -0.2) is 21.3 Å². The average molecular weight is 282 g/mol. The molecule has 3 rings (SSSR count). The van der Waals surface area contributed by atoms with Crippen molar-refractivity contribution in [3.63, 3.8) is 0 Å². The number of H-pyrrole nitrogens is 1. The van der Waals surface area contributed by atoms with Crippen molar-refractivity contribution in [3.05, 3.63) is 59.6 Å². The Morgan fingerprint density at radius 2 is 2.10 bits per heavy atom. The van der Waals surface area contributed by atoms with Crippen molar-refractivity contribution in [2.45, 2.75) is 13.5 Å². The number of hydrogen-bond donors (Lipinski definition) is 2. The van der Waals surface area contributed by atoms with Crippen molar-refractivity contribution in [1.82, 2.24) is 20.7 Å². The highest BCUT2D eigenvalue weighted by atomic mass is 16.5. The smallest absolute Gasteiger partial charge is 0.256 e. The fourth-order valence-corrected chi connectivity index (χ4v) is 2.01. The summed E-state index contributed by atoms with van der Waals surface area (Å²) in [4.78, 5) is 11.9. The summed E-state index contributed by atoms with van der Waals surface area (Å²) in [5.41, 5.74) is 3.49. The maximum absolute atomic E-state index is 11.9. The zero-order chi connectivity index (χ0) is 14.7. The molecule has 0 bridgehead atoms. The minimum absolute atomic E-state index is 0.189. The Morgan fingerprint density at radius 1 is 1.29 bits per heavy atom. The topological polar surface area (TPSA) is 83.8 Å². The van der Waals surface area contributed by atoms with Crippen molar-refractivity contribution in [2.75, 3.05) is 0 Å². The Hall–Kier alpha value is -2.89. The van der Waals surface area contributed by atoms with E-state index < -0.39 is 0 Å². The van der Waals surface area contributed by atoms with Crippen molar-refractivity contribution in [2.24, 2.45) is 0 Å². The number of rotatable bonds is 4. The van der Waals surface area contributed by atoms with Gasteiger partial charge in [-0.2, -0.15) is 5.10 Å². The molecule has 6 heteroatoms. The van der Waals surface area contributed by atoms with Crippen LogP contribution in [0.25, 0.3) is 11.3 Å². The van der Waals surface area contributed by atoms with Crippen LogP contribution in [0.15, 0.2) is 47.2 Å². The van der Waals surface area contributed by atoms with Gasteiger partial charge >= 0.3 is 0 Å². The summed E-state index contributed by atoms with van der Waals surface area (Å²) in [5, 5.41) is 13.3. The molecule has 0 radical (unpaired) electrons. The van der Waals surface area contributed by atoms with Gasteiger partial charge in [-0.15, -0.1) is 0 Å². The van der Waals surface area contributed by atoms with Gasteiger partial charge in [-0.05, 0) is 24.1 Å². The molecule has 2 heterocycles. The van der Waals surface area contributed by atoms with E-state index in [1.165, 1.54) is 6.20 Å². The normalized spacial score (nSPS) is 10.5. The summed E-state index contributed by atoms with van der Waals surface area (Å²) in [7, 11) is 0. The van der Waals surface area contributed by atoms with Crippen molar-refractivity contribution in [3.8, 4) is 11.3 Å². The summed E-state index contributed by atoms with van der Waals surface area (Å²) >= 11 is 0. The Morgan fingerprint density at radius 3 is 2.71 bits per heavy atom. The van der Waals surface area contributed by atoms with E-state index in [0.717, 1.165) is 16.8 Å². The van der Waals surface area contributed by atoms with E-state index in [1.807, 2.05) is 30.3 Å². The zero-order valence-electron chi connectivity index (χ0n) is 11.5. The molecule has 0 aliphatic carbocycles. The van der Waals surface area contributed by atoms with Gasteiger partial charge in [-0.1, -0.05) is 29.4 Å². The number of aryl methyl sites for hydroxylation is 1. The molecule has 2 aromatic heterocycles. The number of carbonyl (C=O) groups is 1.